The van der Waals surface area contributed by atoms with Crippen molar-refractivity contribution in [3.63, 3.8) is 0 Å². The predicted molar refractivity (Wildman–Crippen MR) is 82.4 cm³/mol. The summed E-state index contributed by atoms with van der Waals surface area (Å²) in [4.78, 5) is 16.1. The highest BCUT2D eigenvalue weighted by Gasteiger charge is 2.19. The lowest BCUT2D eigenvalue weighted by Gasteiger charge is -2.07. The molecule has 6 nitrogen and oxygen atoms in total. The summed E-state index contributed by atoms with van der Waals surface area (Å²) >= 11 is 5.99. The molecule has 0 aliphatic heterocycles. The summed E-state index contributed by atoms with van der Waals surface area (Å²) in [5.41, 5.74) is 2.35. The first-order valence-electron chi connectivity index (χ1n) is 6.76. The molecule has 0 spiro atoms. The number of carbonyl (C=O) groups is 1. The van der Waals surface area contributed by atoms with E-state index in [0.717, 1.165) is 16.6 Å². The maximum Gasteiger partial charge on any atom is 0.360 e. The molecule has 0 amide bonds. The SMILES string of the molecule is CCOC(=O)c1nnn(-c2ccnc3cc(Cl)ccc23)c1C. The van der Waals surface area contributed by atoms with Gasteiger partial charge in [0.1, 0.15) is 0 Å². The fraction of sp³-hybridized carbons (Fsp3) is 0.200. The van der Waals surface area contributed by atoms with E-state index in [1.54, 1.807) is 36.9 Å². The molecular formula is C15H13ClN4O2. The lowest BCUT2D eigenvalue weighted by molar-refractivity contribution is 0.0518. The summed E-state index contributed by atoms with van der Waals surface area (Å²) in [5.74, 6) is -0.479. The van der Waals surface area contributed by atoms with E-state index in [1.165, 1.54) is 0 Å². The van der Waals surface area contributed by atoms with Crippen LogP contribution in [0.2, 0.25) is 5.02 Å². The van der Waals surface area contributed by atoms with Gasteiger partial charge in [-0.3, -0.25) is 4.98 Å². The van der Waals surface area contributed by atoms with Crippen LogP contribution >= 0.6 is 11.6 Å². The van der Waals surface area contributed by atoms with Crippen molar-refractivity contribution in [1.82, 2.24) is 20.0 Å². The highest BCUT2D eigenvalue weighted by molar-refractivity contribution is 6.31. The van der Waals surface area contributed by atoms with Gasteiger partial charge in [0.15, 0.2) is 5.69 Å². The smallest absolute Gasteiger partial charge is 0.360 e. The average molecular weight is 317 g/mol. The first-order chi connectivity index (χ1) is 10.6. The Morgan fingerprint density at radius 2 is 2.18 bits per heavy atom. The van der Waals surface area contributed by atoms with Crippen molar-refractivity contribution in [3.8, 4) is 5.69 Å². The zero-order valence-corrected chi connectivity index (χ0v) is 12.8. The number of fused-ring (bicyclic) bond motifs is 1. The molecule has 0 saturated carbocycles. The number of rotatable bonds is 3. The third-order valence-corrected chi connectivity index (χ3v) is 3.51. The highest BCUT2D eigenvalue weighted by atomic mass is 35.5. The summed E-state index contributed by atoms with van der Waals surface area (Å²) in [6, 6.07) is 7.24. The van der Waals surface area contributed by atoms with E-state index >= 15 is 0 Å². The molecule has 2 heterocycles. The molecule has 7 heteroatoms. The van der Waals surface area contributed by atoms with Gasteiger partial charge in [0.05, 0.1) is 23.5 Å². The summed E-state index contributed by atoms with van der Waals surface area (Å²) < 4.78 is 6.58. The van der Waals surface area contributed by atoms with Crippen LogP contribution in [0.15, 0.2) is 30.5 Å². The van der Waals surface area contributed by atoms with E-state index in [0.29, 0.717) is 17.3 Å². The van der Waals surface area contributed by atoms with Crippen LogP contribution in [0.25, 0.3) is 16.6 Å². The van der Waals surface area contributed by atoms with E-state index < -0.39 is 5.97 Å². The Hall–Kier alpha value is -2.47. The van der Waals surface area contributed by atoms with Crippen LogP contribution in [-0.2, 0) is 4.74 Å². The summed E-state index contributed by atoms with van der Waals surface area (Å²) in [7, 11) is 0. The molecule has 2 aromatic heterocycles. The quantitative estimate of drug-likeness (QED) is 0.695. The lowest BCUT2D eigenvalue weighted by atomic mass is 10.2. The van der Waals surface area contributed by atoms with Gasteiger partial charge >= 0.3 is 5.97 Å². The highest BCUT2D eigenvalue weighted by Crippen LogP contribution is 2.24. The van der Waals surface area contributed by atoms with Crippen molar-refractivity contribution in [3.05, 3.63) is 46.9 Å². The van der Waals surface area contributed by atoms with Gasteiger partial charge in [-0.25, -0.2) is 9.48 Å². The minimum atomic E-state index is -0.479. The van der Waals surface area contributed by atoms with Crippen LogP contribution in [0.1, 0.15) is 23.1 Å². The van der Waals surface area contributed by atoms with Crippen molar-refractivity contribution < 1.29 is 9.53 Å². The van der Waals surface area contributed by atoms with E-state index in [4.69, 9.17) is 16.3 Å². The van der Waals surface area contributed by atoms with Crippen LogP contribution in [0.5, 0.6) is 0 Å². The largest absolute Gasteiger partial charge is 0.461 e. The molecule has 3 aromatic rings. The molecule has 0 aliphatic rings. The normalized spacial score (nSPS) is 10.9. The molecule has 112 valence electrons. The van der Waals surface area contributed by atoms with Gasteiger partial charge in [-0.15, -0.1) is 5.10 Å². The Bertz CT molecular complexity index is 860. The molecule has 0 N–H and O–H groups in total. The van der Waals surface area contributed by atoms with E-state index in [-0.39, 0.29) is 5.69 Å². The Morgan fingerprint density at radius 1 is 1.36 bits per heavy atom. The number of ether oxygens (including phenoxy) is 1. The molecule has 0 fully saturated rings. The van der Waals surface area contributed by atoms with Crippen LogP contribution < -0.4 is 0 Å². The Kier molecular flexibility index (Phi) is 3.77. The number of carbonyl (C=O) groups excluding carboxylic acids is 1. The topological polar surface area (TPSA) is 69.9 Å². The van der Waals surface area contributed by atoms with Crippen molar-refractivity contribution in [2.45, 2.75) is 13.8 Å². The summed E-state index contributed by atoms with van der Waals surface area (Å²) in [5, 5.41) is 9.48. The zero-order valence-electron chi connectivity index (χ0n) is 12.1. The molecule has 3 rings (SSSR count). The number of aromatic nitrogens is 4. The monoisotopic (exact) mass is 316 g/mol. The Balaban J connectivity index is 2.14. The fourth-order valence-electron chi connectivity index (χ4n) is 2.24. The summed E-state index contributed by atoms with van der Waals surface area (Å²) in [6.45, 7) is 3.81. The fourth-order valence-corrected chi connectivity index (χ4v) is 2.40. The van der Waals surface area contributed by atoms with Gasteiger partial charge in [0, 0.05) is 16.6 Å². The maximum absolute atomic E-state index is 11.9. The van der Waals surface area contributed by atoms with Gasteiger partial charge in [0.25, 0.3) is 0 Å². The van der Waals surface area contributed by atoms with Crippen molar-refractivity contribution in [2.75, 3.05) is 6.61 Å². The second-order valence-electron chi connectivity index (χ2n) is 4.65. The number of halogens is 1. The van der Waals surface area contributed by atoms with Gasteiger partial charge in [-0.05, 0) is 38.1 Å². The number of hydrogen-bond acceptors (Lipinski definition) is 5. The van der Waals surface area contributed by atoms with Gasteiger partial charge in [0.2, 0.25) is 0 Å². The average Bonchev–Trinajstić information content (AvgIpc) is 2.88. The van der Waals surface area contributed by atoms with E-state index in [1.807, 2.05) is 12.1 Å². The number of esters is 1. The van der Waals surface area contributed by atoms with E-state index in [9.17, 15) is 4.79 Å². The van der Waals surface area contributed by atoms with Crippen LogP contribution in [0.4, 0.5) is 0 Å². The predicted octanol–water partition coefficient (Wildman–Crippen LogP) is 2.95. The molecule has 22 heavy (non-hydrogen) atoms. The number of benzene rings is 1. The summed E-state index contributed by atoms with van der Waals surface area (Å²) in [6.07, 6.45) is 1.67. The van der Waals surface area contributed by atoms with Crippen molar-refractivity contribution in [1.29, 1.82) is 0 Å². The molecule has 0 radical (unpaired) electrons. The molecular weight excluding hydrogens is 304 g/mol. The first-order valence-corrected chi connectivity index (χ1v) is 7.13. The minimum absolute atomic E-state index is 0.209. The van der Waals surface area contributed by atoms with Gasteiger partial charge in [-0.2, -0.15) is 0 Å². The second kappa shape index (κ2) is 5.73. The maximum atomic E-state index is 11.9. The molecule has 0 saturated heterocycles. The zero-order chi connectivity index (χ0) is 15.7. The molecule has 0 atom stereocenters. The molecule has 1 aromatic carbocycles. The molecule has 0 aliphatic carbocycles. The minimum Gasteiger partial charge on any atom is -0.461 e. The first kappa shape index (κ1) is 14.5. The van der Waals surface area contributed by atoms with Crippen molar-refractivity contribution in [2.24, 2.45) is 0 Å². The number of pyridine rings is 1. The van der Waals surface area contributed by atoms with Crippen molar-refractivity contribution >= 4 is 28.5 Å². The van der Waals surface area contributed by atoms with Gasteiger partial charge in [-0.1, -0.05) is 16.8 Å². The molecule has 0 bridgehead atoms. The number of nitrogens with zero attached hydrogens (tertiary/aromatic N) is 4. The molecule has 0 unspecified atom stereocenters. The third kappa shape index (κ3) is 2.42. The standard InChI is InChI=1S/C15H13ClN4O2/c1-3-22-15(21)14-9(2)20(19-18-14)13-6-7-17-12-8-10(16)4-5-11(12)13/h4-8H,3H2,1-2H3. The van der Waals surface area contributed by atoms with E-state index in [2.05, 4.69) is 15.3 Å². The lowest BCUT2D eigenvalue weighted by Crippen LogP contribution is -2.08. The van der Waals surface area contributed by atoms with Crippen LogP contribution in [-0.4, -0.2) is 32.6 Å². The Morgan fingerprint density at radius 3 is 2.95 bits per heavy atom. The third-order valence-electron chi connectivity index (χ3n) is 3.27. The second-order valence-corrected chi connectivity index (χ2v) is 5.08. The Labute approximate surface area is 131 Å². The van der Waals surface area contributed by atoms with Crippen LogP contribution in [0.3, 0.4) is 0 Å². The number of hydrogen-bond donors (Lipinski definition) is 0. The van der Waals surface area contributed by atoms with Gasteiger partial charge < -0.3 is 4.74 Å². The van der Waals surface area contributed by atoms with Crippen LogP contribution in [0, 0.1) is 6.92 Å².